The number of aryl methyl sites for hydroxylation is 1. The lowest BCUT2D eigenvalue weighted by Crippen LogP contribution is -2.38. The maximum atomic E-state index is 12.6. The Morgan fingerprint density at radius 2 is 2.04 bits per heavy atom. The van der Waals surface area contributed by atoms with Crippen molar-refractivity contribution in [2.24, 2.45) is 0 Å². The van der Waals surface area contributed by atoms with E-state index in [1.807, 2.05) is 18.2 Å². The first kappa shape index (κ1) is 18.7. The average Bonchev–Trinajstić information content (AvgIpc) is 2.66. The molecule has 0 radical (unpaired) electrons. The zero-order chi connectivity index (χ0) is 18.7. The summed E-state index contributed by atoms with van der Waals surface area (Å²) in [5.74, 6) is -0.138. The number of rotatable bonds is 4. The molecule has 1 aliphatic heterocycles. The third kappa shape index (κ3) is 4.02. The molecular formula is C19H17BrClNO4. The summed E-state index contributed by atoms with van der Waals surface area (Å²) < 4.78 is 11.1. The van der Waals surface area contributed by atoms with Crippen LogP contribution in [0, 0.1) is 0 Å². The minimum atomic E-state index is -0.628. The third-order valence-electron chi connectivity index (χ3n) is 4.18. The second-order valence-corrected chi connectivity index (χ2v) is 7.17. The molecule has 0 spiro atoms. The molecule has 0 atom stereocenters. The molecule has 0 aromatic heterocycles. The quantitative estimate of drug-likeness (QED) is 0.670. The highest BCUT2D eigenvalue weighted by atomic mass is 79.9. The van der Waals surface area contributed by atoms with E-state index < -0.39 is 5.97 Å². The molecule has 0 saturated carbocycles. The van der Waals surface area contributed by atoms with Crippen LogP contribution < -0.4 is 9.64 Å². The van der Waals surface area contributed by atoms with Crippen molar-refractivity contribution < 1.29 is 19.1 Å². The molecule has 1 heterocycles. The number of amides is 1. The summed E-state index contributed by atoms with van der Waals surface area (Å²) in [4.78, 5) is 26.4. The van der Waals surface area contributed by atoms with Crippen LogP contribution in [0.25, 0.3) is 0 Å². The first-order chi connectivity index (χ1) is 12.5. The fraction of sp³-hybridized carbons (Fsp3) is 0.263. The fourth-order valence-corrected chi connectivity index (χ4v) is 3.45. The van der Waals surface area contributed by atoms with Gasteiger partial charge < -0.3 is 14.4 Å². The first-order valence-corrected chi connectivity index (χ1v) is 9.26. The number of hydrogen-bond donors (Lipinski definition) is 0. The van der Waals surface area contributed by atoms with Crippen LogP contribution in [-0.4, -0.2) is 32.1 Å². The molecule has 2 aromatic rings. The summed E-state index contributed by atoms with van der Waals surface area (Å²) in [5, 5.41) is 0.279. The monoisotopic (exact) mass is 437 g/mol. The van der Waals surface area contributed by atoms with E-state index in [1.54, 1.807) is 30.2 Å². The third-order valence-corrected chi connectivity index (χ3v) is 5.00. The first-order valence-electron chi connectivity index (χ1n) is 8.09. The maximum Gasteiger partial charge on any atom is 0.340 e. The van der Waals surface area contributed by atoms with Crippen molar-refractivity contribution in [3.05, 3.63) is 57.0 Å². The van der Waals surface area contributed by atoms with Gasteiger partial charge in [0, 0.05) is 16.7 Å². The maximum absolute atomic E-state index is 12.6. The van der Waals surface area contributed by atoms with Gasteiger partial charge in [0.05, 0.1) is 17.7 Å². The summed E-state index contributed by atoms with van der Waals surface area (Å²) >= 11 is 9.31. The summed E-state index contributed by atoms with van der Waals surface area (Å²) in [7, 11) is 1.61. The van der Waals surface area contributed by atoms with Gasteiger partial charge in [-0.3, -0.25) is 4.79 Å². The highest BCUT2D eigenvalue weighted by Crippen LogP contribution is 2.30. The number of nitrogens with zero attached hydrogens (tertiary/aromatic N) is 1. The molecule has 3 rings (SSSR count). The molecule has 1 aliphatic rings. The highest BCUT2D eigenvalue weighted by molar-refractivity contribution is 9.10. The van der Waals surface area contributed by atoms with Gasteiger partial charge in [-0.1, -0.05) is 27.5 Å². The Morgan fingerprint density at radius 3 is 2.81 bits per heavy atom. The fourth-order valence-electron chi connectivity index (χ4n) is 2.90. The molecule has 0 aliphatic carbocycles. The van der Waals surface area contributed by atoms with E-state index in [9.17, 15) is 9.59 Å². The molecule has 0 fully saturated rings. The van der Waals surface area contributed by atoms with Gasteiger partial charge in [-0.15, -0.1) is 0 Å². The Hall–Kier alpha value is -2.05. The molecule has 0 N–H and O–H groups in total. The van der Waals surface area contributed by atoms with Crippen molar-refractivity contribution in [1.82, 2.24) is 0 Å². The Morgan fingerprint density at radius 1 is 1.23 bits per heavy atom. The van der Waals surface area contributed by atoms with Crippen LogP contribution in [0.15, 0.2) is 40.9 Å². The number of carbonyl (C=O) groups excluding carboxylic acids is 2. The molecule has 136 valence electrons. The molecule has 1 amide bonds. The standard InChI is InChI=1S/C19H17BrClNO4/c1-25-14-5-7-17-12(9-14)3-2-8-22(17)18(23)11-26-19(24)15-10-13(20)4-6-16(15)21/h4-7,9-10H,2-3,8,11H2,1H3. The van der Waals surface area contributed by atoms with E-state index in [4.69, 9.17) is 21.1 Å². The molecule has 0 saturated heterocycles. The van der Waals surface area contributed by atoms with E-state index in [0.717, 1.165) is 29.8 Å². The topological polar surface area (TPSA) is 55.8 Å². The van der Waals surface area contributed by atoms with Crippen LogP contribution in [0.4, 0.5) is 5.69 Å². The Kier molecular flexibility index (Phi) is 5.84. The minimum Gasteiger partial charge on any atom is -0.497 e. The van der Waals surface area contributed by atoms with Crippen molar-refractivity contribution >= 4 is 45.1 Å². The number of fused-ring (bicyclic) bond motifs is 1. The summed E-state index contributed by atoms with van der Waals surface area (Å²) in [5.41, 5.74) is 2.10. The van der Waals surface area contributed by atoms with Gasteiger partial charge in [-0.05, 0) is 54.8 Å². The van der Waals surface area contributed by atoms with E-state index in [-0.39, 0.29) is 23.1 Å². The highest BCUT2D eigenvalue weighted by Gasteiger charge is 2.24. The van der Waals surface area contributed by atoms with Crippen LogP contribution in [0.1, 0.15) is 22.3 Å². The number of esters is 1. The van der Waals surface area contributed by atoms with Crippen LogP contribution in [-0.2, 0) is 16.0 Å². The lowest BCUT2D eigenvalue weighted by molar-refractivity contribution is -0.121. The number of ether oxygens (including phenoxy) is 2. The summed E-state index contributed by atoms with van der Waals surface area (Å²) in [6.45, 7) is 0.250. The normalized spacial score (nSPS) is 13.1. The lowest BCUT2D eigenvalue weighted by Gasteiger charge is -2.29. The number of anilines is 1. The number of methoxy groups -OCH3 is 1. The van der Waals surface area contributed by atoms with Crippen molar-refractivity contribution in [3.8, 4) is 5.75 Å². The predicted molar refractivity (Wildman–Crippen MR) is 103 cm³/mol. The van der Waals surface area contributed by atoms with Crippen LogP contribution in [0.3, 0.4) is 0 Å². The molecule has 26 heavy (non-hydrogen) atoms. The number of hydrogen-bond acceptors (Lipinski definition) is 4. The second-order valence-electron chi connectivity index (χ2n) is 5.84. The van der Waals surface area contributed by atoms with Crippen LogP contribution in [0.2, 0.25) is 5.02 Å². The van der Waals surface area contributed by atoms with Gasteiger partial charge in [0.25, 0.3) is 5.91 Å². The van der Waals surface area contributed by atoms with Crippen LogP contribution >= 0.6 is 27.5 Å². The molecule has 5 nitrogen and oxygen atoms in total. The number of halogens is 2. The zero-order valence-corrected chi connectivity index (χ0v) is 16.5. The molecule has 7 heteroatoms. The Labute approximate surface area is 165 Å². The van der Waals surface area contributed by atoms with E-state index >= 15 is 0 Å². The molecule has 2 aromatic carbocycles. The summed E-state index contributed by atoms with van der Waals surface area (Å²) in [6, 6.07) is 10.5. The average molecular weight is 439 g/mol. The second kappa shape index (κ2) is 8.10. The Balaban J connectivity index is 1.70. The van der Waals surface area contributed by atoms with E-state index in [2.05, 4.69) is 15.9 Å². The lowest BCUT2D eigenvalue weighted by atomic mass is 10.0. The SMILES string of the molecule is COc1ccc2c(c1)CCCN2C(=O)COC(=O)c1cc(Br)ccc1Cl. The van der Waals surface area contributed by atoms with Crippen molar-refractivity contribution in [2.75, 3.05) is 25.2 Å². The van der Waals surface area contributed by atoms with Gasteiger partial charge >= 0.3 is 5.97 Å². The van der Waals surface area contributed by atoms with E-state index in [0.29, 0.717) is 11.0 Å². The van der Waals surface area contributed by atoms with Crippen molar-refractivity contribution in [2.45, 2.75) is 12.8 Å². The molecule has 0 unspecified atom stereocenters. The van der Waals surface area contributed by atoms with Gasteiger partial charge in [-0.2, -0.15) is 0 Å². The van der Waals surface area contributed by atoms with E-state index in [1.165, 1.54) is 0 Å². The minimum absolute atomic E-state index is 0.220. The van der Waals surface area contributed by atoms with Crippen molar-refractivity contribution in [3.63, 3.8) is 0 Å². The molecule has 0 bridgehead atoms. The van der Waals surface area contributed by atoms with Gasteiger partial charge in [0.15, 0.2) is 6.61 Å². The predicted octanol–water partition coefficient (Wildman–Crippen LogP) is 4.25. The summed E-state index contributed by atoms with van der Waals surface area (Å²) in [6.07, 6.45) is 1.72. The van der Waals surface area contributed by atoms with Crippen molar-refractivity contribution in [1.29, 1.82) is 0 Å². The van der Waals surface area contributed by atoms with Gasteiger partial charge in [0.1, 0.15) is 5.75 Å². The van der Waals surface area contributed by atoms with Gasteiger partial charge in [-0.25, -0.2) is 4.79 Å². The Bertz CT molecular complexity index is 855. The van der Waals surface area contributed by atoms with Gasteiger partial charge in [0.2, 0.25) is 0 Å². The van der Waals surface area contributed by atoms with Crippen LogP contribution in [0.5, 0.6) is 5.75 Å². The number of benzene rings is 2. The molecular weight excluding hydrogens is 422 g/mol. The largest absolute Gasteiger partial charge is 0.497 e. The zero-order valence-electron chi connectivity index (χ0n) is 14.1. The smallest absolute Gasteiger partial charge is 0.340 e. The number of carbonyl (C=O) groups is 2.